The lowest BCUT2D eigenvalue weighted by Crippen LogP contribution is -1.88. The molecule has 0 saturated carbocycles. The summed E-state index contributed by atoms with van der Waals surface area (Å²) in [6.07, 6.45) is 2.21. The Labute approximate surface area is 101 Å². The first kappa shape index (κ1) is 11.4. The van der Waals surface area contributed by atoms with E-state index in [2.05, 4.69) is 37.7 Å². The molecule has 0 aliphatic carbocycles. The molecule has 3 heteroatoms. The number of rotatable bonds is 3. The molecule has 0 fully saturated rings. The summed E-state index contributed by atoms with van der Waals surface area (Å²) in [6.45, 7) is 4.46. The van der Waals surface area contributed by atoms with Crippen LogP contribution in [0.5, 0.6) is 0 Å². The number of fused-ring (bicyclic) bond motifs is 1. The van der Waals surface area contributed by atoms with Crippen LogP contribution >= 0.6 is 11.8 Å². The lowest BCUT2D eigenvalue weighted by Gasteiger charge is -2.03. The zero-order valence-electron chi connectivity index (χ0n) is 10.0. The van der Waals surface area contributed by atoms with Crippen LogP contribution in [0.3, 0.4) is 0 Å². The number of anilines is 1. The molecule has 0 aliphatic rings. The highest BCUT2D eigenvalue weighted by molar-refractivity contribution is 7.99. The number of hydrogen-bond donors (Lipinski definition) is 1. The molecule has 2 N–H and O–H groups in total. The Balaban J connectivity index is 2.39. The number of thioether (sulfide) groups is 1. The van der Waals surface area contributed by atoms with E-state index in [1.807, 2.05) is 23.9 Å². The van der Waals surface area contributed by atoms with Gasteiger partial charge in [-0.25, -0.2) is 0 Å². The van der Waals surface area contributed by atoms with Crippen molar-refractivity contribution in [3.05, 3.63) is 30.0 Å². The van der Waals surface area contributed by atoms with Crippen molar-refractivity contribution in [2.24, 2.45) is 7.05 Å². The van der Waals surface area contributed by atoms with Gasteiger partial charge in [-0.05, 0) is 22.9 Å². The molecule has 0 atom stereocenters. The zero-order valence-corrected chi connectivity index (χ0v) is 10.8. The van der Waals surface area contributed by atoms with Crippen molar-refractivity contribution < 1.29 is 0 Å². The highest BCUT2D eigenvalue weighted by Crippen LogP contribution is 2.27. The smallest absolute Gasteiger partial charge is 0.0501 e. The van der Waals surface area contributed by atoms with Crippen LogP contribution in [0.4, 0.5) is 5.69 Å². The normalized spacial score (nSPS) is 11.5. The van der Waals surface area contributed by atoms with Crippen LogP contribution in [0.25, 0.3) is 10.9 Å². The second kappa shape index (κ2) is 4.42. The van der Waals surface area contributed by atoms with Crippen molar-refractivity contribution in [3.63, 3.8) is 0 Å². The number of hydrogen-bond acceptors (Lipinski definition) is 2. The highest BCUT2D eigenvalue weighted by atomic mass is 32.2. The third-order valence-corrected chi connectivity index (χ3v) is 3.81. The number of aryl methyl sites for hydroxylation is 1. The lowest BCUT2D eigenvalue weighted by molar-refractivity contribution is 0.963. The van der Waals surface area contributed by atoms with E-state index in [1.54, 1.807) is 0 Å². The van der Waals surface area contributed by atoms with Crippen molar-refractivity contribution in [1.82, 2.24) is 4.57 Å². The molecule has 2 nitrogen and oxygen atoms in total. The van der Waals surface area contributed by atoms with Crippen LogP contribution in [0.2, 0.25) is 0 Å². The quantitative estimate of drug-likeness (QED) is 0.825. The van der Waals surface area contributed by atoms with E-state index < -0.39 is 0 Å². The molecule has 0 amide bonds. The van der Waals surface area contributed by atoms with E-state index in [9.17, 15) is 0 Å². The van der Waals surface area contributed by atoms with Crippen molar-refractivity contribution in [2.75, 3.05) is 5.73 Å². The van der Waals surface area contributed by atoms with Crippen LogP contribution in [-0.4, -0.2) is 9.82 Å². The fourth-order valence-electron chi connectivity index (χ4n) is 1.86. The standard InChI is InChI=1S/C13H18N2S/c1-9(2)16-8-10-7-15(3)13-6-11(14)4-5-12(10)13/h4-7,9H,8,14H2,1-3H3. The predicted molar refractivity (Wildman–Crippen MR) is 73.8 cm³/mol. The molecule has 0 aliphatic heterocycles. The Bertz CT molecular complexity index is 500. The van der Waals surface area contributed by atoms with Crippen molar-refractivity contribution in [2.45, 2.75) is 24.9 Å². The second-order valence-corrected chi connectivity index (χ2v) is 5.97. The van der Waals surface area contributed by atoms with Crippen molar-refractivity contribution in [3.8, 4) is 0 Å². The highest BCUT2D eigenvalue weighted by Gasteiger charge is 2.07. The predicted octanol–water partition coefficient (Wildman–Crippen LogP) is 3.40. The Morgan fingerprint density at radius 1 is 1.38 bits per heavy atom. The van der Waals surface area contributed by atoms with Gasteiger partial charge in [0.15, 0.2) is 0 Å². The van der Waals surface area contributed by atoms with Gasteiger partial charge in [0.25, 0.3) is 0 Å². The lowest BCUT2D eigenvalue weighted by atomic mass is 10.2. The monoisotopic (exact) mass is 234 g/mol. The minimum atomic E-state index is 0.670. The Morgan fingerprint density at radius 2 is 2.12 bits per heavy atom. The maximum Gasteiger partial charge on any atom is 0.0501 e. The first-order chi connectivity index (χ1) is 7.58. The van der Waals surface area contributed by atoms with Gasteiger partial charge in [0.2, 0.25) is 0 Å². The van der Waals surface area contributed by atoms with E-state index in [4.69, 9.17) is 5.73 Å². The van der Waals surface area contributed by atoms with Crippen LogP contribution in [0.15, 0.2) is 24.4 Å². The molecule has 0 unspecified atom stereocenters. The molecule has 0 bridgehead atoms. The second-order valence-electron chi connectivity index (χ2n) is 4.40. The Hall–Kier alpha value is -1.09. The topological polar surface area (TPSA) is 30.9 Å². The molecule has 0 spiro atoms. The zero-order chi connectivity index (χ0) is 11.7. The average Bonchev–Trinajstić information content (AvgIpc) is 2.53. The van der Waals surface area contributed by atoms with Gasteiger partial charge in [0.1, 0.15) is 0 Å². The minimum absolute atomic E-state index is 0.670. The fraction of sp³-hybridized carbons (Fsp3) is 0.385. The Morgan fingerprint density at radius 3 is 2.81 bits per heavy atom. The number of nitrogens with two attached hydrogens (primary N) is 1. The summed E-state index contributed by atoms with van der Waals surface area (Å²) >= 11 is 1.97. The number of nitrogens with zero attached hydrogens (tertiary/aromatic N) is 1. The summed E-state index contributed by atoms with van der Waals surface area (Å²) in [6, 6.07) is 6.14. The van der Waals surface area contributed by atoms with E-state index in [-0.39, 0.29) is 0 Å². The summed E-state index contributed by atoms with van der Waals surface area (Å²) in [5.74, 6) is 1.07. The molecule has 86 valence electrons. The first-order valence-electron chi connectivity index (χ1n) is 5.53. The number of nitrogen functional groups attached to an aromatic ring is 1. The Kier molecular flexibility index (Phi) is 3.15. The van der Waals surface area contributed by atoms with Gasteiger partial charge in [0.05, 0.1) is 5.52 Å². The number of benzene rings is 1. The number of aromatic nitrogens is 1. The third-order valence-electron chi connectivity index (χ3n) is 2.67. The summed E-state index contributed by atoms with van der Waals surface area (Å²) in [5.41, 5.74) is 9.26. The van der Waals surface area contributed by atoms with E-state index in [0.717, 1.165) is 11.4 Å². The van der Waals surface area contributed by atoms with E-state index in [0.29, 0.717) is 5.25 Å². The van der Waals surface area contributed by atoms with E-state index in [1.165, 1.54) is 16.5 Å². The molecular weight excluding hydrogens is 216 g/mol. The third kappa shape index (κ3) is 2.19. The van der Waals surface area contributed by atoms with Gasteiger partial charge in [-0.3, -0.25) is 0 Å². The van der Waals surface area contributed by atoms with Crippen LogP contribution in [0, 0.1) is 0 Å². The molecule has 1 aromatic carbocycles. The first-order valence-corrected chi connectivity index (χ1v) is 6.58. The molecule has 1 heterocycles. The van der Waals surface area contributed by atoms with Gasteiger partial charge in [-0.15, -0.1) is 0 Å². The van der Waals surface area contributed by atoms with Crippen LogP contribution in [0.1, 0.15) is 19.4 Å². The molecule has 16 heavy (non-hydrogen) atoms. The molecular formula is C13H18N2S. The van der Waals surface area contributed by atoms with Crippen molar-refractivity contribution >= 4 is 28.4 Å². The molecule has 0 radical (unpaired) electrons. The maximum atomic E-state index is 5.81. The molecule has 2 aromatic rings. The van der Waals surface area contributed by atoms with E-state index >= 15 is 0 Å². The van der Waals surface area contributed by atoms with Gasteiger partial charge in [0, 0.05) is 30.1 Å². The maximum absolute atomic E-state index is 5.81. The summed E-state index contributed by atoms with van der Waals surface area (Å²) in [7, 11) is 2.07. The van der Waals surface area contributed by atoms with Crippen LogP contribution < -0.4 is 5.73 Å². The van der Waals surface area contributed by atoms with Gasteiger partial charge < -0.3 is 10.3 Å². The largest absolute Gasteiger partial charge is 0.399 e. The average molecular weight is 234 g/mol. The van der Waals surface area contributed by atoms with Crippen LogP contribution in [-0.2, 0) is 12.8 Å². The molecule has 1 aromatic heterocycles. The van der Waals surface area contributed by atoms with Gasteiger partial charge in [-0.2, -0.15) is 11.8 Å². The summed E-state index contributed by atoms with van der Waals surface area (Å²) in [4.78, 5) is 0. The molecule has 0 saturated heterocycles. The molecule has 2 rings (SSSR count). The van der Waals surface area contributed by atoms with Gasteiger partial charge in [-0.1, -0.05) is 19.9 Å². The minimum Gasteiger partial charge on any atom is -0.399 e. The SMILES string of the molecule is CC(C)SCc1cn(C)c2cc(N)ccc12. The van der Waals surface area contributed by atoms with Gasteiger partial charge >= 0.3 is 0 Å². The summed E-state index contributed by atoms with van der Waals surface area (Å²) < 4.78 is 2.15. The van der Waals surface area contributed by atoms with Crippen molar-refractivity contribution in [1.29, 1.82) is 0 Å². The summed E-state index contributed by atoms with van der Waals surface area (Å²) in [5, 5.41) is 1.99. The fourth-order valence-corrected chi connectivity index (χ4v) is 2.60.